The third kappa shape index (κ3) is 2.28. The number of rotatable bonds is 4. The molecule has 0 radical (unpaired) electrons. The van der Waals surface area contributed by atoms with E-state index in [9.17, 15) is 0 Å². The van der Waals surface area contributed by atoms with Gasteiger partial charge in [-0.1, -0.05) is 6.92 Å². The topological polar surface area (TPSA) is 22.8 Å². The van der Waals surface area contributed by atoms with Gasteiger partial charge in [0.2, 0.25) is 0 Å². The molecule has 0 atom stereocenters. The zero-order valence-corrected chi connectivity index (χ0v) is 11.2. The van der Waals surface area contributed by atoms with Gasteiger partial charge in [-0.3, -0.25) is 0 Å². The molecule has 2 aromatic rings. The third-order valence-corrected chi connectivity index (χ3v) is 3.51. The molecule has 0 spiro atoms. The van der Waals surface area contributed by atoms with Crippen LogP contribution in [0.25, 0.3) is 0 Å². The molecule has 0 N–H and O–H groups in total. The fraction of sp³-hybridized carbons (Fsp3) is 0.500. The lowest BCUT2D eigenvalue weighted by atomic mass is 10.2. The normalized spacial score (nSPS) is 11.1. The second-order valence-corrected chi connectivity index (χ2v) is 4.73. The van der Waals surface area contributed by atoms with Crippen LogP contribution in [-0.4, -0.2) is 14.1 Å². The minimum atomic E-state index is 0.917. The van der Waals surface area contributed by atoms with Crippen molar-refractivity contribution in [1.82, 2.24) is 14.1 Å². The highest BCUT2D eigenvalue weighted by molar-refractivity contribution is 5.29. The van der Waals surface area contributed by atoms with E-state index in [0.29, 0.717) is 0 Å². The maximum absolute atomic E-state index is 4.25. The van der Waals surface area contributed by atoms with Crippen molar-refractivity contribution in [2.45, 2.75) is 47.2 Å². The molecule has 0 saturated heterocycles. The molecule has 2 aromatic heterocycles. The molecular formula is C14H21N3. The van der Waals surface area contributed by atoms with Gasteiger partial charge in [0.1, 0.15) is 0 Å². The van der Waals surface area contributed by atoms with Crippen molar-refractivity contribution in [3.8, 4) is 0 Å². The van der Waals surface area contributed by atoms with E-state index < -0.39 is 0 Å². The van der Waals surface area contributed by atoms with Crippen molar-refractivity contribution in [1.29, 1.82) is 0 Å². The van der Waals surface area contributed by atoms with Crippen LogP contribution in [0, 0.1) is 20.8 Å². The molecule has 2 rings (SSSR count). The molecule has 0 fully saturated rings. The third-order valence-electron chi connectivity index (χ3n) is 3.51. The molecule has 0 aliphatic carbocycles. The number of aromatic nitrogens is 3. The lowest BCUT2D eigenvalue weighted by Crippen LogP contribution is -2.07. The van der Waals surface area contributed by atoms with E-state index in [4.69, 9.17) is 0 Å². The Morgan fingerprint density at radius 3 is 2.53 bits per heavy atom. The Morgan fingerprint density at radius 2 is 1.94 bits per heavy atom. The molecule has 92 valence electrons. The largest absolute Gasteiger partial charge is 0.345 e. The Kier molecular flexibility index (Phi) is 3.36. The number of imidazole rings is 1. The van der Waals surface area contributed by atoms with E-state index in [0.717, 1.165) is 19.5 Å². The highest BCUT2D eigenvalue weighted by Gasteiger charge is 2.08. The van der Waals surface area contributed by atoms with Crippen molar-refractivity contribution in [3.05, 3.63) is 41.2 Å². The molecule has 2 heterocycles. The number of hydrogen-bond acceptors (Lipinski definition) is 1. The average Bonchev–Trinajstić information content (AvgIpc) is 2.82. The minimum Gasteiger partial charge on any atom is -0.345 e. The van der Waals surface area contributed by atoms with Gasteiger partial charge < -0.3 is 9.13 Å². The monoisotopic (exact) mass is 231 g/mol. The summed E-state index contributed by atoms with van der Waals surface area (Å²) >= 11 is 0. The second-order valence-electron chi connectivity index (χ2n) is 4.73. The first kappa shape index (κ1) is 12.0. The Morgan fingerprint density at radius 1 is 1.18 bits per heavy atom. The lowest BCUT2D eigenvalue weighted by molar-refractivity contribution is 0.620. The number of aryl methyl sites for hydroxylation is 2. The smallest absolute Gasteiger partial charge is 0.0948 e. The summed E-state index contributed by atoms with van der Waals surface area (Å²) in [6.07, 6.45) is 7.27. The van der Waals surface area contributed by atoms with Crippen LogP contribution in [0.4, 0.5) is 0 Å². The zero-order valence-electron chi connectivity index (χ0n) is 11.2. The van der Waals surface area contributed by atoms with Crippen LogP contribution in [0.1, 0.15) is 35.9 Å². The summed E-state index contributed by atoms with van der Waals surface area (Å²) in [5.41, 5.74) is 5.40. The molecule has 0 unspecified atom stereocenters. The van der Waals surface area contributed by atoms with Crippen LogP contribution in [-0.2, 0) is 13.1 Å². The van der Waals surface area contributed by atoms with Gasteiger partial charge >= 0.3 is 0 Å². The van der Waals surface area contributed by atoms with Crippen LogP contribution < -0.4 is 0 Å². The van der Waals surface area contributed by atoms with Crippen molar-refractivity contribution in [3.63, 3.8) is 0 Å². The van der Waals surface area contributed by atoms with E-state index in [1.807, 2.05) is 12.5 Å². The minimum absolute atomic E-state index is 0.917. The summed E-state index contributed by atoms with van der Waals surface area (Å²) in [5.74, 6) is 0. The van der Waals surface area contributed by atoms with Gasteiger partial charge in [0.25, 0.3) is 0 Å². The second kappa shape index (κ2) is 4.78. The molecule has 0 amide bonds. The van der Waals surface area contributed by atoms with Gasteiger partial charge in [0, 0.05) is 24.6 Å². The first-order valence-corrected chi connectivity index (χ1v) is 6.25. The maximum atomic E-state index is 4.25. The summed E-state index contributed by atoms with van der Waals surface area (Å²) < 4.78 is 4.55. The highest BCUT2D eigenvalue weighted by atomic mass is 15.1. The van der Waals surface area contributed by atoms with Crippen LogP contribution >= 0.6 is 0 Å². The van der Waals surface area contributed by atoms with E-state index in [2.05, 4.69) is 48.0 Å². The van der Waals surface area contributed by atoms with Crippen molar-refractivity contribution >= 4 is 0 Å². The summed E-state index contributed by atoms with van der Waals surface area (Å²) in [6.45, 7) is 10.7. The summed E-state index contributed by atoms with van der Waals surface area (Å²) in [4.78, 5) is 4.25. The molecule has 0 bridgehead atoms. The van der Waals surface area contributed by atoms with Gasteiger partial charge in [0.15, 0.2) is 0 Å². The van der Waals surface area contributed by atoms with Gasteiger partial charge in [-0.25, -0.2) is 4.98 Å². The van der Waals surface area contributed by atoms with Crippen molar-refractivity contribution in [2.24, 2.45) is 0 Å². The molecular weight excluding hydrogens is 210 g/mol. The molecule has 0 aromatic carbocycles. The molecule has 3 heteroatoms. The van der Waals surface area contributed by atoms with E-state index in [-0.39, 0.29) is 0 Å². The zero-order chi connectivity index (χ0) is 12.4. The van der Waals surface area contributed by atoms with Crippen LogP contribution in [0.2, 0.25) is 0 Å². The quantitative estimate of drug-likeness (QED) is 0.793. The van der Waals surface area contributed by atoms with E-state index >= 15 is 0 Å². The predicted octanol–water partition coefficient (Wildman–Crippen LogP) is 3.07. The SMILES string of the molecule is CCCn1cncc1Cn1cc(C)c(C)c1C. The maximum Gasteiger partial charge on any atom is 0.0948 e. The van der Waals surface area contributed by atoms with Gasteiger partial charge in [-0.2, -0.15) is 0 Å². The number of nitrogens with zero attached hydrogens (tertiary/aromatic N) is 3. The average molecular weight is 231 g/mol. The fourth-order valence-corrected chi connectivity index (χ4v) is 2.19. The first-order valence-electron chi connectivity index (χ1n) is 6.25. The van der Waals surface area contributed by atoms with Crippen LogP contribution in [0.15, 0.2) is 18.7 Å². The molecule has 0 saturated carbocycles. The molecule has 17 heavy (non-hydrogen) atoms. The Bertz CT molecular complexity index is 506. The van der Waals surface area contributed by atoms with Crippen LogP contribution in [0.3, 0.4) is 0 Å². The first-order chi connectivity index (χ1) is 8.13. The Balaban J connectivity index is 2.25. The van der Waals surface area contributed by atoms with Crippen molar-refractivity contribution in [2.75, 3.05) is 0 Å². The Hall–Kier alpha value is -1.51. The van der Waals surface area contributed by atoms with Gasteiger partial charge in [-0.15, -0.1) is 0 Å². The molecule has 0 aliphatic rings. The van der Waals surface area contributed by atoms with Crippen molar-refractivity contribution < 1.29 is 0 Å². The Labute approximate surface area is 103 Å². The van der Waals surface area contributed by atoms with Gasteiger partial charge in [-0.05, 0) is 38.3 Å². The van der Waals surface area contributed by atoms with Gasteiger partial charge in [0.05, 0.1) is 18.6 Å². The number of hydrogen-bond donors (Lipinski definition) is 0. The highest BCUT2D eigenvalue weighted by Crippen LogP contribution is 2.16. The lowest BCUT2D eigenvalue weighted by Gasteiger charge is -2.09. The molecule has 3 nitrogen and oxygen atoms in total. The van der Waals surface area contributed by atoms with E-state index in [1.54, 1.807) is 0 Å². The standard InChI is InChI=1S/C14H21N3/c1-5-6-16-10-15-7-14(16)9-17-8-11(2)12(3)13(17)4/h7-8,10H,5-6,9H2,1-4H3. The van der Waals surface area contributed by atoms with Crippen LogP contribution in [0.5, 0.6) is 0 Å². The molecule has 0 aliphatic heterocycles. The predicted molar refractivity (Wildman–Crippen MR) is 70.3 cm³/mol. The van der Waals surface area contributed by atoms with E-state index in [1.165, 1.54) is 22.5 Å². The fourth-order valence-electron chi connectivity index (χ4n) is 2.19. The summed E-state index contributed by atoms with van der Waals surface area (Å²) in [6, 6.07) is 0. The summed E-state index contributed by atoms with van der Waals surface area (Å²) in [5, 5.41) is 0. The summed E-state index contributed by atoms with van der Waals surface area (Å²) in [7, 11) is 0.